The lowest BCUT2D eigenvalue weighted by Gasteiger charge is -2.08. The van der Waals surface area contributed by atoms with Crippen LogP contribution in [0.2, 0.25) is 0 Å². The Balaban J connectivity index is 1.65. The first-order chi connectivity index (χ1) is 13.3. The fourth-order valence-corrected chi connectivity index (χ4v) is 4.15. The fraction of sp³-hybridized carbons (Fsp3) is 0.0455. The highest BCUT2D eigenvalue weighted by Gasteiger charge is 2.15. The number of carbonyl (C=O) groups excluding carboxylic acids is 1. The van der Waals surface area contributed by atoms with Gasteiger partial charge in [0.25, 0.3) is 0 Å². The zero-order valence-electron chi connectivity index (χ0n) is 14.4. The minimum Gasteiger partial charge on any atom is -0.293 e. The normalized spacial score (nSPS) is 11.4. The zero-order valence-corrected chi connectivity index (χ0v) is 15.2. The van der Waals surface area contributed by atoms with E-state index < -0.39 is 0 Å². The molecular formula is C22H15N3OS. The minimum absolute atomic E-state index is 0.0909. The third-order valence-corrected chi connectivity index (χ3v) is 5.48. The van der Waals surface area contributed by atoms with Gasteiger partial charge in [0.15, 0.2) is 10.9 Å². The highest BCUT2D eigenvalue weighted by atomic mass is 32.2. The molecule has 5 aromatic rings. The van der Waals surface area contributed by atoms with Gasteiger partial charge in [-0.05, 0) is 24.3 Å². The maximum absolute atomic E-state index is 12.5. The summed E-state index contributed by atoms with van der Waals surface area (Å²) in [5, 5.41) is 1.79. The van der Waals surface area contributed by atoms with Crippen LogP contribution in [0, 0.1) is 0 Å². The first-order valence-corrected chi connectivity index (χ1v) is 9.67. The van der Waals surface area contributed by atoms with E-state index in [1.165, 1.54) is 11.8 Å². The molecule has 0 aliphatic rings. The number of nitrogens with zero attached hydrogens (tertiary/aromatic N) is 3. The monoisotopic (exact) mass is 369 g/mol. The Morgan fingerprint density at radius 1 is 0.815 bits per heavy atom. The molecule has 0 saturated carbocycles. The van der Waals surface area contributed by atoms with Crippen molar-refractivity contribution in [3.63, 3.8) is 0 Å². The summed E-state index contributed by atoms with van der Waals surface area (Å²) in [6, 6.07) is 25.4. The van der Waals surface area contributed by atoms with Gasteiger partial charge in [-0.2, -0.15) is 0 Å². The molecule has 0 N–H and O–H groups in total. The summed E-state index contributed by atoms with van der Waals surface area (Å²) >= 11 is 1.45. The number of fused-ring (bicyclic) bond motifs is 5. The first kappa shape index (κ1) is 16.0. The van der Waals surface area contributed by atoms with Crippen molar-refractivity contribution in [1.29, 1.82) is 0 Å². The van der Waals surface area contributed by atoms with E-state index in [0.717, 1.165) is 38.3 Å². The zero-order chi connectivity index (χ0) is 18.2. The Bertz CT molecular complexity index is 1290. The number of ketones is 1. The Morgan fingerprint density at radius 3 is 2.37 bits per heavy atom. The number of hydrogen-bond donors (Lipinski definition) is 0. The van der Waals surface area contributed by atoms with Crippen LogP contribution < -0.4 is 0 Å². The summed E-state index contributed by atoms with van der Waals surface area (Å²) in [6.07, 6.45) is 0. The number of benzene rings is 3. The van der Waals surface area contributed by atoms with Crippen LogP contribution in [0.1, 0.15) is 10.4 Å². The van der Waals surface area contributed by atoms with Crippen molar-refractivity contribution in [2.24, 2.45) is 0 Å². The van der Waals surface area contributed by atoms with E-state index in [0.29, 0.717) is 5.75 Å². The molecule has 0 unspecified atom stereocenters. The van der Waals surface area contributed by atoms with E-state index in [1.54, 1.807) is 0 Å². The molecule has 0 aliphatic carbocycles. The highest BCUT2D eigenvalue weighted by molar-refractivity contribution is 7.99. The average Bonchev–Trinajstić information content (AvgIpc) is 3.12. The number of thioether (sulfide) groups is 1. The van der Waals surface area contributed by atoms with Gasteiger partial charge in [0.05, 0.1) is 22.3 Å². The van der Waals surface area contributed by atoms with E-state index in [2.05, 4.69) is 4.40 Å². The van der Waals surface area contributed by atoms with E-state index in [9.17, 15) is 4.79 Å². The van der Waals surface area contributed by atoms with Crippen molar-refractivity contribution in [2.45, 2.75) is 5.16 Å². The second-order valence-electron chi connectivity index (χ2n) is 6.25. The fourth-order valence-electron chi connectivity index (χ4n) is 3.25. The van der Waals surface area contributed by atoms with Crippen molar-refractivity contribution in [3.8, 4) is 0 Å². The Labute approximate surface area is 159 Å². The summed E-state index contributed by atoms with van der Waals surface area (Å²) in [5.74, 6) is 0.421. The van der Waals surface area contributed by atoms with Gasteiger partial charge in [-0.25, -0.2) is 9.97 Å². The van der Waals surface area contributed by atoms with E-state index >= 15 is 0 Å². The molecule has 2 heterocycles. The van der Waals surface area contributed by atoms with Crippen LogP contribution in [0.25, 0.3) is 27.6 Å². The van der Waals surface area contributed by atoms with Crippen molar-refractivity contribution in [3.05, 3.63) is 84.4 Å². The average molecular weight is 369 g/mol. The third kappa shape index (κ3) is 2.76. The molecule has 130 valence electrons. The molecule has 3 aromatic carbocycles. The van der Waals surface area contributed by atoms with E-state index in [-0.39, 0.29) is 5.78 Å². The van der Waals surface area contributed by atoms with Crippen molar-refractivity contribution in [1.82, 2.24) is 14.4 Å². The van der Waals surface area contributed by atoms with Crippen LogP contribution in [0.15, 0.2) is 84.0 Å². The molecule has 0 saturated heterocycles. The van der Waals surface area contributed by atoms with Gasteiger partial charge in [-0.1, -0.05) is 66.4 Å². The van der Waals surface area contributed by atoms with Crippen LogP contribution in [-0.2, 0) is 0 Å². The van der Waals surface area contributed by atoms with Crippen molar-refractivity contribution in [2.75, 3.05) is 5.75 Å². The maximum atomic E-state index is 12.5. The molecule has 5 heteroatoms. The molecule has 2 aromatic heterocycles. The number of hydrogen-bond acceptors (Lipinski definition) is 4. The SMILES string of the molecule is O=C(CSc1nc2ccccc2c2nc3ccccc3n12)c1ccccc1. The molecule has 0 spiro atoms. The minimum atomic E-state index is 0.0909. The molecule has 0 fully saturated rings. The summed E-state index contributed by atoms with van der Waals surface area (Å²) in [5.41, 5.74) is 4.40. The van der Waals surface area contributed by atoms with Gasteiger partial charge in [0.2, 0.25) is 0 Å². The second-order valence-corrected chi connectivity index (χ2v) is 7.19. The first-order valence-electron chi connectivity index (χ1n) is 8.68. The van der Waals surface area contributed by atoms with Crippen LogP contribution in [0.5, 0.6) is 0 Å². The van der Waals surface area contributed by atoms with Crippen molar-refractivity contribution >= 4 is 45.1 Å². The number of Topliss-reactive ketones (excluding diaryl/α,β-unsaturated/α-hetero) is 1. The molecule has 0 radical (unpaired) electrons. The smallest absolute Gasteiger partial charge is 0.175 e. The molecule has 0 bridgehead atoms. The summed E-state index contributed by atoms with van der Waals surface area (Å²) in [6.45, 7) is 0. The summed E-state index contributed by atoms with van der Waals surface area (Å²) in [7, 11) is 0. The standard InChI is InChI=1S/C22H15N3OS/c26-20(15-8-2-1-3-9-15)14-27-22-24-17-11-5-4-10-16(17)21-23-18-12-6-7-13-19(18)25(21)22/h1-13H,14H2. The lowest BCUT2D eigenvalue weighted by atomic mass is 10.2. The maximum Gasteiger partial charge on any atom is 0.175 e. The molecule has 0 aliphatic heterocycles. The highest BCUT2D eigenvalue weighted by Crippen LogP contribution is 2.29. The Hall–Kier alpha value is -3.18. The lowest BCUT2D eigenvalue weighted by Crippen LogP contribution is -2.04. The third-order valence-electron chi connectivity index (χ3n) is 4.54. The van der Waals surface area contributed by atoms with Crippen LogP contribution in [-0.4, -0.2) is 25.9 Å². The molecule has 0 amide bonds. The van der Waals surface area contributed by atoms with Crippen LogP contribution in [0.4, 0.5) is 0 Å². The van der Waals surface area contributed by atoms with Gasteiger partial charge in [-0.3, -0.25) is 9.20 Å². The summed E-state index contributed by atoms with van der Waals surface area (Å²) in [4.78, 5) is 22.2. The molecular weight excluding hydrogens is 354 g/mol. The number of carbonyl (C=O) groups is 1. The number of para-hydroxylation sites is 3. The van der Waals surface area contributed by atoms with E-state index in [1.807, 2.05) is 78.9 Å². The van der Waals surface area contributed by atoms with Crippen LogP contribution >= 0.6 is 11.8 Å². The Kier molecular flexibility index (Phi) is 3.87. The topological polar surface area (TPSA) is 47.3 Å². The largest absolute Gasteiger partial charge is 0.293 e. The van der Waals surface area contributed by atoms with Crippen LogP contribution in [0.3, 0.4) is 0 Å². The quantitative estimate of drug-likeness (QED) is 0.254. The molecule has 5 rings (SSSR count). The van der Waals surface area contributed by atoms with Gasteiger partial charge >= 0.3 is 0 Å². The summed E-state index contributed by atoms with van der Waals surface area (Å²) < 4.78 is 2.06. The number of rotatable bonds is 4. The molecule has 4 nitrogen and oxygen atoms in total. The lowest BCUT2D eigenvalue weighted by molar-refractivity contribution is 0.102. The van der Waals surface area contributed by atoms with Gasteiger partial charge < -0.3 is 0 Å². The van der Waals surface area contributed by atoms with Crippen molar-refractivity contribution < 1.29 is 4.79 Å². The van der Waals surface area contributed by atoms with Gasteiger partial charge in [0.1, 0.15) is 5.65 Å². The number of aromatic nitrogens is 3. The molecule has 27 heavy (non-hydrogen) atoms. The van der Waals surface area contributed by atoms with Gasteiger partial charge in [-0.15, -0.1) is 0 Å². The Morgan fingerprint density at radius 2 is 1.52 bits per heavy atom. The van der Waals surface area contributed by atoms with E-state index in [4.69, 9.17) is 9.97 Å². The van der Waals surface area contributed by atoms with Gasteiger partial charge in [0, 0.05) is 10.9 Å². The second kappa shape index (κ2) is 6.52. The predicted molar refractivity (Wildman–Crippen MR) is 109 cm³/mol. The molecule has 0 atom stereocenters. The number of imidazole rings is 1. The predicted octanol–water partition coefficient (Wildman–Crippen LogP) is 5.01.